The molecule has 112 valence electrons. The third-order valence-corrected chi connectivity index (χ3v) is 5.55. The van der Waals surface area contributed by atoms with Crippen LogP contribution >= 0.6 is 11.3 Å². The molecule has 4 nitrogen and oxygen atoms in total. The lowest BCUT2D eigenvalue weighted by molar-refractivity contribution is -0.128. The lowest BCUT2D eigenvalue weighted by atomic mass is 9.95. The molecule has 1 unspecified atom stereocenters. The fourth-order valence-corrected chi connectivity index (χ4v) is 4.12. The largest absolute Gasteiger partial charge is 0.328 e. The molecule has 0 spiro atoms. The number of carbonyl (C=O) groups excluding carboxylic acids is 2. The Morgan fingerprint density at radius 3 is 2.68 bits per heavy atom. The molecule has 1 aromatic carbocycles. The molecule has 2 aromatic rings. The van der Waals surface area contributed by atoms with Gasteiger partial charge in [0.1, 0.15) is 6.04 Å². The number of carbonyl (C=O) groups is 2. The van der Waals surface area contributed by atoms with Crippen LogP contribution in [0.25, 0.3) is 0 Å². The highest BCUT2D eigenvalue weighted by atomic mass is 32.1. The van der Waals surface area contributed by atoms with E-state index in [4.69, 9.17) is 0 Å². The van der Waals surface area contributed by atoms with E-state index in [0.29, 0.717) is 19.5 Å². The smallest absolute Gasteiger partial charge is 0.308 e. The van der Waals surface area contributed by atoms with E-state index in [9.17, 15) is 9.59 Å². The van der Waals surface area contributed by atoms with Gasteiger partial charge in [0.25, 0.3) is 5.91 Å². The number of hydrogen-bond donors (Lipinski definition) is 0. The van der Waals surface area contributed by atoms with Crippen molar-refractivity contribution in [3.05, 3.63) is 57.3 Å². The fourth-order valence-electron chi connectivity index (χ4n) is 3.23. The Kier molecular flexibility index (Phi) is 3.04. The van der Waals surface area contributed by atoms with Gasteiger partial charge in [0, 0.05) is 17.8 Å². The zero-order chi connectivity index (χ0) is 15.3. The summed E-state index contributed by atoms with van der Waals surface area (Å²) >= 11 is 1.60. The summed E-state index contributed by atoms with van der Waals surface area (Å²) in [4.78, 5) is 29.5. The number of rotatable bonds is 2. The zero-order valence-corrected chi connectivity index (χ0v) is 13.1. The monoisotopic (exact) mass is 312 g/mol. The Balaban J connectivity index is 1.63. The number of nitrogens with zero attached hydrogens (tertiary/aromatic N) is 2. The maximum atomic E-state index is 12.7. The predicted octanol–water partition coefficient (Wildman–Crippen LogP) is 2.95. The Morgan fingerprint density at radius 1 is 1.18 bits per heavy atom. The molecule has 0 bridgehead atoms. The Morgan fingerprint density at radius 2 is 1.95 bits per heavy atom. The number of hydrogen-bond acceptors (Lipinski definition) is 3. The quantitative estimate of drug-likeness (QED) is 0.800. The Hall–Kier alpha value is -2.14. The van der Waals surface area contributed by atoms with Crippen molar-refractivity contribution in [1.82, 2.24) is 9.80 Å². The molecular formula is C17H16N2O2S. The van der Waals surface area contributed by atoms with Crippen molar-refractivity contribution in [2.75, 3.05) is 0 Å². The molecule has 2 aliphatic rings. The molecule has 0 N–H and O–H groups in total. The van der Waals surface area contributed by atoms with Crippen molar-refractivity contribution in [3.8, 4) is 0 Å². The van der Waals surface area contributed by atoms with Crippen molar-refractivity contribution in [2.45, 2.75) is 32.5 Å². The zero-order valence-electron chi connectivity index (χ0n) is 12.3. The molecule has 2 aliphatic heterocycles. The van der Waals surface area contributed by atoms with Crippen LogP contribution in [0.2, 0.25) is 0 Å². The summed E-state index contributed by atoms with van der Waals surface area (Å²) < 4.78 is 0. The maximum Gasteiger partial charge on any atom is 0.328 e. The van der Waals surface area contributed by atoms with E-state index in [1.807, 2.05) is 36.6 Å². The first-order chi connectivity index (χ1) is 10.6. The van der Waals surface area contributed by atoms with Gasteiger partial charge in [0.2, 0.25) is 0 Å². The Bertz CT molecular complexity index is 725. The number of urea groups is 1. The van der Waals surface area contributed by atoms with Gasteiger partial charge >= 0.3 is 6.03 Å². The standard InChI is InChI=1S/C17H16N2O2S/c1-11-6-7-22-15(11)10-19-16(20)14-8-12-4-2-3-5-13(12)9-18(14)17(19)21/h2-7,14H,8-10H2,1H3. The van der Waals surface area contributed by atoms with Crippen molar-refractivity contribution in [3.63, 3.8) is 0 Å². The number of aryl methyl sites for hydroxylation is 1. The summed E-state index contributed by atoms with van der Waals surface area (Å²) in [5.74, 6) is -0.0627. The second-order valence-corrected chi connectivity index (χ2v) is 6.85. The summed E-state index contributed by atoms with van der Waals surface area (Å²) in [6, 6.07) is 9.59. The van der Waals surface area contributed by atoms with Gasteiger partial charge in [0.05, 0.1) is 6.54 Å². The molecular weight excluding hydrogens is 296 g/mol. The molecule has 0 radical (unpaired) electrons. The number of fused-ring (bicyclic) bond motifs is 2. The first kappa shape index (κ1) is 13.5. The van der Waals surface area contributed by atoms with Gasteiger partial charge in [-0.05, 0) is 35.1 Å². The number of amides is 3. The average molecular weight is 312 g/mol. The minimum atomic E-state index is -0.331. The van der Waals surface area contributed by atoms with Gasteiger partial charge < -0.3 is 4.90 Å². The van der Waals surface area contributed by atoms with Gasteiger partial charge in [-0.3, -0.25) is 9.69 Å². The number of benzene rings is 1. The van der Waals surface area contributed by atoms with Gasteiger partial charge in [-0.25, -0.2) is 4.79 Å². The van der Waals surface area contributed by atoms with Crippen LogP contribution in [-0.4, -0.2) is 27.8 Å². The second-order valence-electron chi connectivity index (χ2n) is 5.85. The fraction of sp³-hybridized carbons (Fsp3) is 0.294. The molecule has 1 atom stereocenters. The lowest BCUT2D eigenvalue weighted by Crippen LogP contribution is -2.39. The van der Waals surface area contributed by atoms with Crippen LogP contribution in [0.4, 0.5) is 4.79 Å². The molecule has 1 aromatic heterocycles. The highest BCUT2D eigenvalue weighted by Gasteiger charge is 2.47. The van der Waals surface area contributed by atoms with Crippen LogP contribution in [0.5, 0.6) is 0 Å². The molecule has 1 saturated heterocycles. The second kappa shape index (κ2) is 4.95. The SMILES string of the molecule is Cc1ccsc1CN1C(=O)C2Cc3ccccc3CN2C1=O. The van der Waals surface area contributed by atoms with Gasteiger partial charge in [-0.15, -0.1) is 11.3 Å². The Labute approximate surface area is 133 Å². The number of thiophene rings is 1. The van der Waals surface area contributed by atoms with Gasteiger partial charge in [-0.2, -0.15) is 0 Å². The van der Waals surface area contributed by atoms with Crippen LogP contribution in [0.3, 0.4) is 0 Å². The molecule has 3 amide bonds. The highest BCUT2D eigenvalue weighted by Crippen LogP contribution is 2.31. The number of imide groups is 1. The van der Waals surface area contributed by atoms with E-state index in [1.54, 1.807) is 16.2 Å². The van der Waals surface area contributed by atoms with Crippen LogP contribution < -0.4 is 0 Å². The normalized spacial score (nSPS) is 20.3. The maximum absolute atomic E-state index is 12.7. The molecule has 0 aliphatic carbocycles. The van der Waals surface area contributed by atoms with E-state index in [0.717, 1.165) is 16.0 Å². The highest BCUT2D eigenvalue weighted by molar-refractivity contribution is 7.10. The van der Waals surface area contributed by atoms with E-state index >= 15 is 0 Å². The first-order valence-corrected chi connectivity index (χ1v) is 8.25. The van der Waals surface area contributed by atoms with Crippen LogP contribution in [-0.2, 0) is 24.3 Å². The summed E-state index contributed by atoms with van der Waals surface area (Å²) in [5.41, 5.74) is 3.46. The topological polar surface area (TPSA) is 40.6 Å². The summed E-state index contributed by atoms with van der Waals surface area (Å²) in [7, 11) is 0. The van der Waals surface area contributed by atoms with Gasteiger partial charge in [0.15, 0.2) is 0 Å². The minimum absolute atomic E-state index is 0.0627. The van der Waals surface area contributed by atoms with Crippen molar-refractivity contribution in [2.24, 2.45) is 0 Å². The molecule has 22 heavy (non-hydrogen) atoms. The lowest BCUT2D eigenvalue weighted by Gasteiger charge is -2.28. The van der Waals surface area contributed by atoms with E-state index in [2.05, 4.69) is 6.07 Å². The van der Waals surface area contributed by atoms with Crippen molar-refractivity contribution >= 4 is 23.3 Å². The third kappa shape index (κ3) is 1.96. The summed E-state index contributed by atoms with van der Waals surface area (Å²) in [5, 5.41) is 2.00. The molecule has 5 heteroatoms. The average Bonchev–Trinajstić information content (AvgIpc) is 3.03. The van der Waals surface area contributed by atoms with E-state index in [-0.39, 0.29) is 18.0 Å². The third-order valence-electron chi connectivity index (χ3n) is 4.55. The van der Waals surface area contributed by atoms with Crippen molar-refractivity contribution in [1.29, 1.82) is 0 Å². The van der Waals surface area contributed by atoms with E-state index in [1.165, 1.54) is 10.5 Å². The molecule has 1 fully saturated rings. The minimum Gasteiger partial charge on any atom is -0.308 e. The van der Waals surface area contributed by atoms with Crippen LogP contribution in [0.15, 0.2) is 35.7 Å². The first-order valence-electron chi connectivity index (χ1n) is 7.37. The van der Waals surface area contributed by atoms with E-state index < -0.39 is 0 Å². The van der Waals surface area contributed by atoms with Gasteiger partial charge in [-0.1, -0.05) is 24.3 Å². The molecule has 4 rings (SSSR count). The predicted molar refractivity (Wildman–Crippen MR) is 84.5 cm³/mol. The summed E-state index contributed by atoms with van der Waals surface area (Å²) in [6.07, 6.45) is 0.626. The van der Waals surface area contributed by atoms with Crippen molar-refractivity contribution < 1.29 is 9.59 Å². The van der Waals surface area contributed by atoms with Crippen LogP contribution in [0.1, 0.15) is 21.6 Å². The van der Waals surface area contributed by atoms with Crippen LogP contribution in [0, 0.1) is 6.92 Å². The molecule has 0 saturated carbocycles. The molecule has 3 heterocycles. The summed E-state index contributed by atoms with van der Waals surface area (Å²) in [6.45, 7) is 2.94.